The van der Waals surface area contributed by atoms with Gasteiger partial charge in [-0.05, 0) is 31.9 Å². The van der Waals surface area contributed by atoms with Crippen molar-refractivity contribution in [2.24, 2.45) is 5.92 Å². The van der Waals surface area contributed by atoms with Crippen molar-refractivity contribution in [1.29, 1.82) is 0 Å². The number of halogens is 1. The standard InChI is InChI=1S/C17H19ClN2O4/c1-10(17(23)24)20(12-6-7-12)16(22)11-8-15(21)19(9-11)14-5-3-2-4-13(14)18/h2-5,10-12H,6-9H2,1H3,(H,23,24). The van der Waals surface area contributed by atoms with Crippen molar-refractivity contribution in [3.63, 3.8) is 0 Å². The van der Waals surface area contributed by atoms with Crippen LogP contribution in [0.5, 0.6) is 0 Å². The summed E-state index contributed by atoms with van der Waals surface area (Å²) in [5.74, 6) is -1.98. The lowest BCUT2D eigenvalue weighted by Crippen LogP contribution is -2.47. The lowest BCUT2D eigenvalue weighted by molar-refractivity contribution is -0.151. The number of hydrogen-bond acceptors (Lipinski definition) is 3. The van der Waals surface area contributed by atoms with Crippen LogP contribution in [-0.4, -0.2) is 46.4 Å². The first-order valence-corrected chi connectivity index (χ1v) is 8.37. The summed E-state index contributed by atoms with van der Waals surface area (Å²) in [6.07, 6.45) is 1.72. The average Bonchev–Trinajstić information content (AvgIpc) is 3.29. The van der Waals surface area contributed by atoms with Crippen LogP contribution >= 0.6 is 11.6 Å². The van der Waals surface area contributed by atoms with Gasteiger partial charge in [-0.3, -0.25) is 9.59 Å². The van der Waals surface area contributed by atoms with Crippen molar-refractivity contribution in [2.75, 3.05) is 11.4 Å². The Hall–Kier alpha value is -2.08. The molecule has 2 aliphatic rings. The van der Waals surface area contributed by atoms with E-state index < -0.39 is 17.9 Å². The second kappa shape index (κ2) is 6.43. The third kappa shape index (κ3) is 3.11. The van der Waals surface area contributed by atoms with Gasteiger partial charge < -0.3 is 14.9 Å². The minimum absolute atomic E-state index is 0.0203. The Morgan fingerprint density at radius 3 is 2.58 bits per heavy atom. The first kappa shape index (κ1) is 16.8. The summed E-state index contributed by atoms with van der Waals surface area (Å²) < 4.78 is 0. The van der Waals surface area contributed by atoms with Crippen molar-refractivity contribution < 1.29 is 19.5 Å². The van der Waals surface area contributed by atoms with Crippen molar-refractivity contribution >= 4 is 35.1 Å². The second-order valence-corrected chi connectivity index (χ2v) is 6.75. The van der Waals surface area contributed by atoms with Crippen LogP contribution < -0.4 is 4.90 Å². The molecular formula is C17H19ClN2O4. The zero-order valence-corrected chi connectivity index (χ0v) is 14.1. The molecule has 1 saturated carbocycles. The Morgan fingerprint density at radius 2 is 2.00 bits per heavy atom. The molecule has 0 bridgehead atoms. The van der Waals surface area contributed by atoms with E-state index in [2.05, 4.69) is 0 Å². The molecule has 24 heavy (non-hydrogen) atoms. The maximum Gasteiger partial charge on any atom is 0.326 e. The predicted molar refractivity (Wildman–Crippen MR) is 88.9 cm³/mol. The monoisotopic (exact) mass is 350 g/mol. The lowest BCUT2D eigenvalue weighted by Gasteiger charge is -2.29. The fourth-order valence-corrected chi connectivity index (χ4v) is 3.38. The highest BCUT2D eigenvalue weighted by Gasteiger charge is 2.44. The van der Waals surface area contributed by atoms with Gasteiger partial charge in [0.1, 0.15) is 6.04 Å². The van der Waals surface area contributed by atoms with E-state index >= 15 is 0 Å². The van der Waals surface area contributed by atoms with E-state index in [-0.39, 0.29) is 30.8 Å². The number of rotatable bonds is 5. The molecule has 1 aliphatic carbocycles. The van der Waals surface area contributed by atoms with Crippen LogP contribution in [0.1, 0.15) is 26.2 Å². The first-order valence-electron chi connectivity index (χ1n) is 8.00. The van der Waals surface area contributed by atoms with Crippen LogP contribution in [0.15, 0.2) is 24.3 Å². The molecule has 7 heteroatoms. The van der Waals surface area contributed by atoms with Gasteiger partial charge in [0.05, 0.1) is 16.6 Å². The van der Waals surface area contributed by atoms with Gasteiger partial charge in [0.25, 0.3) is 0 Å². The summed E-state index contributed by atoms with van der Waals surface area (Å²) in [7, 11) is 0. The summed E-state index contributed by atoms with van der Waals surface area (Å²) in [5, 5.41) is 9.71. The van der Waals surface area contributed by atoms with Gasteiger partial charge >= 0.3 is 5.97 Å². The number of benzene rings is 1. The minimum atomic E-state index is -1.03. The molecule has 1 heterocycles. The van der Waals surface area contributed by atoms with Gasteiger partial charge in [-0.25, -0.2) is 4.79 Å². The smallest absolute Gasteiger partial charge is 0.326 e. The maximum absolute atomic E-state index is 12.8. The highest BCUT2D eigenvalue weighted by Crippen LogP contribution is 2.35. The molecule has 0 spiro atoms. The van der Waals surface area contributed by atoms with E-state index in [0.717, 1.165) is 12.8 Å². The Labute approximate surface area is 145 Å². The predicted octanol–water partition coefficient (Wildman–Crippen LogP) is 2.16. The summed E-state index contributed by atoms with van der Waals surface area (Å²) in [4.78, 5) is 39.4. The molecule has 2 atom stereocenters. The highest BCUT2D eigenvalue weighted by molar-refractivity contribution is 6.33. The topological polar surface area (TPSA) is 77.9 Å². The number of hydrogen-bond donors (Lipinski definition) is 1. The first-order chi connectivity index (χ1) is 11.4. The number of nitrogens with zero attached hydrogens (tertiary/aromatic N) is 2. The summed E-state index contributed by atoms with van der Waals surface area (Å²) in [6.45, 7) is 1.75. The maximum atomic E-state index is 12.8. The van der Waals surface area contributed by atoms with Crippen molar-refractivity contribution in [3.05, 3.63) is 29.3 Å². The Bertz CT molecular complexity index is 689. The molecule has 1 aliphatic heterocycles. The van der Waals surface area contributed by atoms with Crippen molar-refractivity contribution in [3.8, 4) is 0 Å². The average molecular weight is 351 g/mol. The summed E-state index contributed by atoms with van der Waals surface area (Å²) in [6, 6.07) is 6.10. The van der Waals surface area contributed by atoms with Crippen molar-refractivity contribution in [2.45, 2.75) is 38.3 Å². The van der Waals surface area contributed by atoms with E-state index in [4.69, 9.17) is 11.6 Å². The molecule has 2 unspecified atom stereocenters. The van der Waals surface area contributed by atoms with E-state index in [1.165, 1.54) is 16.7 Å². The highest BCUT2D eigenvalue weighted by atomic mass is 35.5. The van der Waals surface area contributed by atoms with Gasteiger partial charge in [-0.15, -0.1) is 0 Å². The fraction of sp³-hybridized carbons (Fsp3) is 0.471. The number of carboxylic acid groups (broad SMARTS) is 1. The van der Waals surface area contributed by atoms with E-state index in [9.17, 15) is 19.5 Å². The summed E-state index contributed by atoms with van der Waals surface area (Å²) >= 11 is 6.14. The van der Waals surface area contributed by atoms with Gasteiger partial charge in [0.15, 0.2) is 0 Å². The molecular weight excluding hydrogens is 332 g/mol. The molecule has 3 rings (SSSR count). The van der Waals surface area contributed by atoms with Gasteiger partial charge in [0.2, 0.25) is 11.8 Å². The minimum Gasteiger partial charge on any atom is -0.480 e. The number of anilines is 1. The number of para-hydroxylation sites is 1. The zero-order chi connectivity index (χ0) is 17.4. The Morgan fingerprint density at radius 1 is 1.33 bits per heavy atom. The third-order valence-corrected chi connectivity index (χ3v) is 4.91. The molecule has 6 nitrogen and oxygen atoms in total. The molecule has 2 fully saturated rings. The molecule has 0 radical (unpaired) electrons. The van der Waals surface area contributed by atoms with Crippen LogP contribution in [-0.2, 0) is 14.4 Å². The van der Waals surface area contributed by atoms with Crippen LogP contribution in [0.3, 0.4) is 0 Å². The molecule has 1 saturated heterocycles. The second-order valence-electron chi connectivity index (χ2n) is 6.35. The van der Waals surface area contributed by atoms with Gasteiger partial charge in [-0.1, -0.05) is 23.7 Å². The van der Waals surface area contributed by atoms with Crippen LogP contribution in [0.25, 0.3) is 0 Å². The Kier molecular flexibility index (Phi) is 4.49. The van der Waals surface area contributed by atoms with Crippen molar-refractivity contribution in [1.82, 2.24) is 4.90 Å². The number of carbonyl (C=O) groups is 3. The quantitative estimate of drug-likeness (QED) is 0.882. The Balaban J connectivity index is 1.78. The number of amides is 2. The van der Waals surface area contributed by atoms with Gasteiger partial charge in [-0.2, -0.15) is 0 Å². The molecule has 1 aromatic rings. The molecule has 2 amide bonds. The van der Waals surface area contributed by atoms with Gasteiger partial charge in [0, 0.05) is 19.0 Å². The zero-order valence-electron chi connectivity index (χ0n) is 13.3. The largest absolute Gasteiger partial charge is 0.480 e. The number of aliphatic carboxylic acids is 1. The molecule has 1 N–H and O–H groups in total. The SMILES string of the molecule is CC(C(=O)O)N(C(=O)C1CC(=O)N(c2ccccc2Cl)C1)C1CC1. The molecule has 1 aromatic carbocycles. The molecule has 0 aromatic heterocycles. The normalized spacial score (nSPS) is 21.7. The van der Waals surface area contributed by atoms with E-state index in [1.807, 2.05) is 0 Å². The van der Waals surface area contributed by atoms with E-state index in [1.54, 1.807) is 24.3 Å². The number of carbonyl (C=O) groups excluding carboxylic acids is 2. The third-order valence-electron chi connectivity index (χ3n) is 4.59. The fourth-order valence-electron chi connectivity index (χ4n) is 3.15. The van der Waals surface area contributed by atoms with Crippen LogP contribution in [0.4, 0.5) is 5.69 Å². The molecule has 128 valence electrons. The van der Waals surface area contributed by atoms with Crippen LogP contribution in [0, 0.1) is 5.92 Å². The van der Waals surface area contributed by atoms with E-state index in [0.29, 0.717) is 10.7 Å². The number of carboxylic acids is 1. The lowest BCUT2D eigenvalue weighted by atomic mass is 10.1. The summed E-state index contributed by atoms with van der Waals surface area (Å²) in [5.41, 5.74) is 0.587. The van der Waals surface area contributed by atoms with Crippen LogP contribution in [0.2, 0.25) is 5.02 Å².